The zero-order chi connectivity index (χ0) is 64.3. The van der Waals surface area contributed by atoms with Gasteiger partial charge < -0.3 is 80.0 Å². The number of carbonyl (C=O) groups excluding carboxylic acids is 3. The maximum Gasteiger partial charge on any atom is 0.336 e. The molecule has 0 aliphatic rings. The molecule has 4 aromatic carbocycles. The zero-order valence-electron chi connectivity index (χ0n) is 54.4. The number of benzene rings is 4. The Bertz CT molecular complexity index is 3370. The summed E-state index contributed by atoms with van der Waals surface area (Å²) in [5.41, 5.74) is 11.4. The van der Waals surface area contributed by atoms with Gasteiger partial charge in [0.25, 0.3) is 17.7 Å². The fourth-order valence-corrected chi connectivity index (χ4v) is 6.69. The quantitative estimate of drug-likeness (QED) is 0.0240. The van der Waals surface area contributed by atoms with Gasteiger partial charge in [-0.3, -0.25) is 19.9 Å². The molecule has 0 aliphatic carbocycles. The molecule has 94 heavy (non-hydrogen) atoms. The van der Waals surface area contributed by atoms with Crippen molar-refractivity contribution in [2.45, 2.75) is 112 Å². The third-order valence-electron chi connectivity index (χ3n) is 11.8. The van der Waals surface area contributed by atoms with E-state index in [1.54, 1.807) is 111 Å². The van der Waals surface area contributed by atoms with E-state index in [9.17, 15) is 34.5 Å². The van der Waals surface area contributed by atoms with Crippen molar-refractivity contribution >= 4 is 94.2 Å². The number of carboxylic acids is 1. The van der Waals surface area contributed by atoms with E-state index in [1.807, 2.05) is 46.8 Å². The number of aliphatic carboxylic acids is 1. The molecule has 2 heterocycles. The van der Waals surface area contributed by atoms with Crippen LogP contribution in [0.15, 0.2) is 85.2 Å². The molecule has 0 bridgehead atoms. The van der Waals surface area contributed by atoms with Crippen molar-refractivity contribution in [1.29, 1.82) is 21.0 Å². The number of nitrogens with zero attached hydrogens (tertiary/aromatic N) is 6. The molecule has 10 radical (unpaired) electrons. The van der Waals surface area contributed by atoms with Gasteiger partial charge in [-0.25, -0.2) is 10.4 Å². The van der Waals surface area contributed by atoms with Crippen molar-refractivity contribution in [1.82, 2.24) is 4.98 Å². The van der Waals surface area contributed by atoms with Gasteiger partial charge >= 0.3 is 5.97 Å². The smallest absolute Gasteiger partial charge is 0.336 e. The van der Waals surface area contributed by atoms with Crippen LogP contribution >= 0.6 is 47.8 Å². The Kier molecular flexibility index (Phi) is 75.8. The number of aliphatic hydroxyl groups is 4. The van der Waals surface area contributed by atoms with Crippen molar-refractivity contribution in [3.63, 3.8) is 0 Å². The maximum atomic E-state index is 12.4. The number of alkyl halides is 3. The number of amides is 3. The third-order valence-corrected chi connectivity index (χ3v) is 15.1. The normalized spacial score (nSPS) is 11.4. The largest absolute Gasteiger partial charge is 0.479 e. The Hall–Kier alpha value is 3.14. The number of carboxylic acid groups (broad SMARTS) is 1. The molecule has 0 aliphatic heterocycles. The molecule has 19 nitrogen and oxygen atoms in total. The Balaban J connectivity index is -0.000000115. The van der Waals surface area contributed by atoms with Crippen molar-refractivity contribution < 1.29 is 376 Å². The molecule has 2 aromatic heterocycles. The topological polar surface area (TPSA) is 343 Å². The molecular weight excluding hydrogens is 2160 g/mol. The first-order chi connectivity index (χ1) is 39.1. The minimum atomic E-state index is -1.62. The number of rotatable bonds is 12. The summed E-state index contributed by atoms with van der Waals surface area (Å²) in [6, 6.07) is 34.4. The Morgan fingerprint density at radius 1 is 0.489 bits per heavy atom. The van der Waals surface area contributed by atoms with Crippen molar-refractivity contribution in [3.8, 4) is 24.3 Å². The van der Waals surface area contributed by atoms with Crippen LogP contribution in [0.25, 0.3) is 0 Å². The summed E-state index contributed by atoms with van der Waals surface area (Å²) in [4.78, 5) is 49.5. The Morgan fingerprint density at radius 3 is 1.04 bits per heavy atom. The van der Waals surface area contributed by atoms with Crippen LogP contribution in [0.1, 0.15) is 94.5 Å². The summed E-state index contributed by atoms with van der Waals surface area (Å²) in [6.07, 6.45) is 9.19. The molecule has 0 unspecified atom stereocenters. The number of anilines is 4. The molecule has 0 saturated carbocycles. The molecule has 6 rings (SSSR count). The summed E-state index contributed by atoms with van der Waals surface area (Å²) in [5.74, 6) is -2.71. The van der Waals surface area contributed by atoms with E-state index in [0.717, 1.165) is 44.5 Å². The summed E-state index contributed by atoms with van der Waals surface area (Å²) in [5, 5.41) is 90.1. The van der Waals surface area contributed by atoms with E-state index in [0.29, 0.717) is 45.0 Å². The molecule has 6 aromatic rings. The monoisotopic (exact) mass is 2220 g/mol. The van der Waals surface area contributed by atoms with E-state index < -0.39 is 46.1 Å². The van der Waals surface area contributed by atoms with E-state index >= 15 is 0 Å². The molecule has 0 fully saturated rings. The number of pyridine rings is 2. The second-order valence-corrected chi connectivity index (χ2v) is 21.5. The Labute approximate surface area is 830 Å². The number of halogens is 3. The van der Waals surface area contributed by atoms with Gasteiger partial charge in [-0.05, 0) is 157 Å². The zero-order valence-corrected chi connectivity index (χ0v) is 87.6. The maximum absolute atomic E-state index is 12.4. The van der Waals surface area contributed by atoms with Gasteiger partial charge in [0.2, 0.25) is 0 Å². The van der Waals surface area contributed by atoms with E-state index in [2.05, 4.69) is 105 Å². The fourth-order valence-electron chi connectivity index (χ4n) is 5.94. The molecule has 32 heteroatoms. The summed E-state index contributed by atoms with van der Waals surface area (Å²) < 4.78 is 1.62. The van der Waals surface area contributed by atoms with Gasteiger partial charge in [0.05, 0.1) is 46.5 Å². The first kappa shape index (κ1) is 118. The van der Waals surface area contributed by atoms with E-state index in [4.69, 9.17) is 37.0 Å². The minimum Gasteiger partial charge on any atom is -0.479 e. The van der Waals surface area contributed by atoms with Crippen LogP contribution in [0, 0.1) is 125 Å². The van der Waals surface area contributed by atoms with Crippen LogP contribution in [-0.4, -0.2) is 92.6 Å². The predicted molar refractivity (Wildman–Crippen MR) is 331 cm³/mol. The second-order valence-electron chi connectivity index (χ2n) is 19.8. The van der Waals surface area contributed by atoms with Crippen LogP contribution in [0.2, 0.25) is 0 Å². The molecule has 0 spiro atoms. The molecule has 10 N–H and O–H groups in total. The number of aromatic nitrogens is 2. The van der Waals surface area contributed by atoms with Gasteiger partial charge in [-0.15, -0.1) is 27.7 Å². The SMILES string of the molecule is C[C@](O)(CBr)C(=O)O.Cc1[c-]c[n+](C[C@](C)(O)C(=O)Nc2ccc(C#N)c(C)c2)[c-]c1C.Cc1[c-]cn[c-]c1C.Cc1cc(N)ccc1C#N.Cc1cc(NC(=O)[C@@](C)(O)CBr)ccc1C#N.Cc1cc(NC(=O)[C@@](C)(O)CBr)ccc1C#N.[Y].[Y].[Y].[Y].[Y].[Y].[Y].[Y].[Y].[Y]. The average molecular weight is 2230 g/mol. The number of hydrogen-bond donors (Lipinski definition) is 9. The second kappa shape index (κ2) is 60.3. The third kappa shape index (κ3) is 44.8. The van der Waals surface area contributed by atoms with Crippen LogP contribution in [0.3, 0.4) is 0 Å². The van der Waals surface area contributed by atoms with Gasteiger partial charge in [-0.1, -0.05) is 47.8 Å². The fraction of sp³-hybridized carbons (Fsp3) is 0.323. The van der Waals surface area contributed by atoms with E-state index in [1.165, 1.54) is 27.7 Å². The number of nitrogen functional groups attached to an aromatic ring is 1. The van der Waals surface area contributed by atoms with Gasteiger partial charge in [0, 0.05) is 372 Å². The molecular formula is C62H68Br3N10O9Y10-3. The summed E-state index contributed by atoms with van der Waals surface area (Å²) in [6.45, 7) is 20.6. The summed E-state index contributed by atoms with van der Waals surface area (Å²) in [7, 11) is 0. The molecule has 4 atom stereocenters. The number of carbonyl (C=O) groups is 4. The molecule has 474 valence electrons. The van der Waals surface area contributed by atoms with Crippen LogP contribution in [-0.2, 0) is 353 Å². The van der Waals surface area contributed by atoms with Gasteiger partial charge in [0.1, 0.15) is 11.2 Å². The van der Waals surface area contributed by atoms with E-state index in [-0.39, 0.29) is 350 Å². The van der Waals surface area contributed by atoms with Gasteiger partial charge in [-0.2, -0.15) is 33.4 Å². The minimum absolute atomic E-state index is 0. The number of nitrogens with one attached hydrogen (secondary N) is 3. The van der Waals surface area contributed by atoms with Gasteiger partial charge in [0.15, 0.2) is 17.7 Å². The number of aryl methyl sites for hydroxylation is 8. The predicted octanol–water partition coefficient (Wildman–Crippen LogP) is 8.60. The van der Waals surface area contributed by atoms with Crippen molar-refractivity contribution in [3.05, 3.63) is 176 Å². The number of hydrogen-bond acceptors (Lipinski definition) is 14. The number of nitrogens with two attached hydrogens (primary N) is 1. The van der Waals surface area contributed by atoms with Crippen molar-refractivity contribution in [2.24, 2.45) is 0 Å². The summed E-state index contributed by atoms with van der Waals surface area (Å²) >= 11 is 8.98. The number of nitriles is 4. The Morgan fingerprint density at radius 2 is 0.798 bits per heavy atom. The first-order valence-electron chi connectivity index (χ1n) is 25.1. The van der Waals surface area contributed by atoms with Crippen LogP contribution in [0.4, 0.5) is 22.7 Å². The average Bonchev–Trinajstić information content (AvgIpc) is 1.08. The van der Waals surface area contributed by atoms with Crippen LogP contribution < -0.4 is 26.3 Å². The van der Waals surface area contributed by atoms with Crippen LogP contribution in [0.5, 0.6) is 0 Å². The molecule has 0 saturated heterocycles. The standard InChI is InChI=1S/C19H20N3O2.2C12H13BrN2O2.C8H8N2.C7H7N.C4H7BrO3.10Y/c1-13-7-8-22(11-15(13)3)12-19(4,24)18(23)21-17-6-5-16(10-20)14(2)9-17;2*1-8-5-10(4-3-9(8)6-14)15-11(16)12(2,17)7-13;1-6-4-8(10)3-2-7(6)5-9;1-6-3-4-8-5-7(6)2;1-4(8,2-5)3(6)7;;;;;;;;;;/h5-6,8-9,24H,12H2,1-4H3,(H,21,23);2*3-5,17H,7H2,1-2H3,(H,15,16);2-4H,10H2,1H3;4H,1-2H3;8H,2H2,1H3,(H,6,7);;;;;;;;;;/q-1;;;;-2;;;;;;;;;;;/t19-;2*12-;;;4-;;;;;;;;;;/m000..0........../s1. The first-order valence-corrected chi connectivity index (χ1v) is 28.5. The van der Waals surface area contributed by atoms with Crippen molar-refractivity contribution in [2.75, 3.05) is 37.7 Å². The molecule has 3 amide bonds.